The van der Waals surface area contributed by atoms with Gasteiger partial charge < -0.3 is 9.64 Å². The fourth-order valence-electron chi connectivity index (χ4n) is 3.91. The van der Waals surface area contributed by atoms with Gasteiger partial charge in [-0.1, -0.05) is 0 Å². The third-order valence-electron chi connectivity index (χ3n) is 5.18. The Bertz CT molecular complexity index is 599. The van der Waals surface area contributed by atoms with Gasteiger partial charge in [0, 0.05) is 51.4 Å². The molecule has 0 radical (unpaired) electrons. The average molecular weight is 356 g/mol. The van der Waals surface area contributed by atoms with Crippen molar-refractivity contribution < 1.29 is 18.3 Å². The van der Waals surface area contributed by atoms with Crippen molar-refractivity contribution in [1.29, 1.82) is 0 Å². The molecular formula is C17H26F2N4O2. The number of ether oxygens (including phenoxy) is 1. The third kappa shape index (κ3) is 4.00. The summed E-state index contributed by atoms with van der Waals surface area (Å²) in [6.45, 7) is 3.95. The van der Waals surface area contributed by atoms with Gasteiger partial charge in [-0.05, 0) is 25.8 Å². The number of nitrogens with zero attached hydrogens (tertiary/aromatic N) is 4. The van der Waals surface area contributed by atoms with Crippen molar-refractivity contribution in [3.8, 4) is 0 Å². The number of likely N-dealkylation sites (tertiary alicyclic amines) is 2. The second kappa shape index (κ2) is 7.37. The van der Waals surface area contributed by atoms with E-state index in [1.54, 1.807) is 29.0 Å². The molecule has 0 unspecified atom stereocenters. The van der Waals surface area contributed by atoms with Crippen LogP contribution >= 0.6 is 0 Å². The zero-order valence-electron chi connectivity index (χ0n) is 14.8. The molecule has 140 valence electrons. The lowest BCUT2D eigenvalue weighted by Crippen LogP contribution is -2.49. The molecule has 2 aliphatic rings. The van der Waals surface area contributed by atoms with Crippen LogP contribution in [0, 0.1) is 0 Å². The van der Waals surface area contributed by atoms with Gasteiger partial charge in [0.25, 0.3) is 11.8 Å². The topological polar surface area (TPSA) is 50.6 Å². The van der Waals surface area contributed by atoms with Crippen LogP contribution in [0.1, 0.15) is 36.7 Å². The summed E-state index contributed by atoms with van der Waals surface area (Å²) >= 11 is 0. The second-order valence-corrected chi connectivity index (χ2v) is 6.92. The Balaban J connectivity index is 1.58. The summed E-state index contributed by atoms with van der Waals surface area (Å²) < 4.78 is 34.5. The molecule has 25 heavy (non-hydrogen) atoms. The van der Waals surface area contributed by atoms with E-state index in [0.717, 1.165) is 6.54 Å². The monoisotopic (exact) mass is 356 g/mol. The summed E-state index contributed by atoms with van der Waals surface area (Å²) in [6.07, 6.45) is 3.06. The number of piperidine rings is 1. The summed E-state index contributed by atoms with van der Waals surface area (Å²) in [5.74, 6) is -2.73. The average Bonchev–Trinajstić information content (AvgIpc) is 3.19. The van der Waals surface area contributed by atoms with Crippen molar-refractivity contribution in [3.63, 3.8) is 0 Å². The quantitative estimate of drug-likeness (QED) is 0.808. The number of amides is 1. The molecule has 2 fully saturated rings. The number of rotatable bonds is 5. The van der Waals surface area contributed by atoms with E-state index in [2.05, 4.69) is 5.10 Å². The van der Waals surface area contributed by atoms with Crippen LogP contribution in [0.25, 0.3) is 0 Å². The molecule has 0 aromatic carbocycles. The number of aromatic nitrogens is 2. The van der Waals surface area contributed by atoms with Crippen LogP contribution in [0.5, 0.6) is 0 Å². The molecule has 0 saturated carbocycles. The molecule has 0 spiro atoms. The predicted molar refractivity (Wildman–Crippen MR) is 88.8 cm³/mol. The molecule has 1 aromatic heterocycles. The van der Waals surface area contributed by atoms with Crippen molar-refractivity contribution in [2.24, 2.45) is 0 Å². The van der Waals surface area contributed by atoms with Crippen molar-refractivity contribution in [2.75, 3.05) is 33.4 Å². The van der Waals surface area contributed by atoms with E-state index in [1.807, 2.05) is 11.8 Å². The highest BCUT2D eigenvalue weighted by Crippen LogP contribution is 2.35. The fourth-order valence-corrected chi connectivity index (χ4v) is 3.91. The Morgan fingerprint density at radius 3 is 2.72 bits per heavy atom. The summed E-state index contributed by atoms with van der Waals surface area (Å²) in [6, 6.07) is 1.56. The van der Waals surface area contributed by atoms with Crippen LogP contribution < -0.4 is 0 Å². The highest BCUT2D eigenvalue weighted by molar-refractivity contribution is 5.92. The van der Waals surface area contributed by atoms with E-state index in [4.69, 9.17) is 4.74 Å². The number of methoxy groups -OCH3 is 1. The number of hydrogen-bond acceptors (Lipinski definition) is 4. The zero-order chi connectivity index (χ0) is 18.0. The first-order chi connectivity index (χ1) is 11.9. The molecule has 2 saturated heterocycles. The van der Waals surface area contributed by atoms with Crippen LogP contribution in [-0.4, -0.2) is 76.8 Å². The number of hydrogen-bond donors (Lipinski definition) is 0. The lowest BCUT2D eigenvalue weighted by Gasteiger charge is -2.38. The molecule has 2 aliphatic heterocycles. The SMILES string of the molecule is CCn1ccc(C(=O)N2CCC(N3CC(F)(F)C[C@H]3COC)CC2)n1. The van der Waals surface area contributed by atoms with Crippen molar-refractivity contribution in [3.05, 3.63) is 18.0 Å². The summed E-state index contributed by atoms with van der Waals surface area (Å²) in [7, 11) is 1.55. The normalized spacial score (nSPS) is 24.8. The third-order valence-corrected chi connectivity index (χ3v) is 5.18. The van der Waals surface area contributed by atoms with Crippen molar-refractivity contribution in [1.82, 2.24) is 19.6 Å². The van der Waals surface area contributed by atoms with Gasteiger partial charge in [-0.3, -0.25) is 14.4 Å². The minimum Gasteiger partial charge on any atom is -0.383 e. The first-order valence-electron chi connectivity index (χ1n) is 8.88. The van der Waals surface area contributed by atoms with E-state index < -0.39 is 5.92 Å². The molecule has 0 bridgehead atoms. The van der Waals surface area contributed by atoms with E-state index >= 15 is 0 Å². The van der Waals surface area contributed by atoms with E-state index in [-0.39, 0.29) is 31.0 Å². The van der Waals surface area contributed by atoms with Gasteiger partial charge in [-0.25, -0.2) is 8.78 Å². The Kier molecular flexibility index (Phi) is 5.38. The molecule has 1 amide bonds. The molecule has 1 aromatic rings. The number of carbonyl (C=O) groups excluding carboxylic acids is 1. The smallest absolute Gasteiger partial charge is 0.274 e. The zero-order valence-corrected chi connectivity index (χ0v) is 14.8. The lowest BCUT2D eigenvalue weighted by molar-refractivity contribution is 0.00282. The first-order valence-corrected chi connectivity index (χ1v) is 8.88. The largest absolute Gasteiger partial charge is 0.383 e. The summed E-state index contributed by atoms with van der Waals surface area (Å²) in [5.41, 5.74) is 0.449. The van der Waals surface area contributed by atoms with Crippen LogP contribution in [0.15, 0.2) is 12.3 Å². The molecule has 3 rings (SSSR count). The number of alkyl halides is 2. The van der Waals surface area contributed by atoms with E-state index in [0.29, 0.717) is 38.2 Å². The van der Waals surface area contributed by atoms with Gasteiger partial charge >= 0.3 is 0 Å². The van der Waals surface area contributed by atoms with E-state index in [1.165, 1.54) is 0 Å². The van der Waals surface area contributed by atoms with Gasteiger partial charge in [0.2, 0.25) is 0 Å². The molecule has 8 heteroatoms. The highest BCUT2D eigenvalue weighted by Gasteiger charge is 2.47. The maximum atomic E-state index is 13.8. The molecule has 0 N–H and O–H groups in total. The van der Waals surface area contributed by atoms with Gasteiger partial charge in [0.1, 0.15) is 5.69 Å². The maximum absolute atomic E-state index is 13.8. The van der Waals surface area contributed by atoms with Gasteiger partial charge in [0.15, 0.2) is 0 Å². The Labute approximate surface area is 146 Å². The minimum atomic E-state index is -2.65. The first kappa shape index (κ1) is 18.3. The molecule has 0 aliphatic carbocycles. The van der Waals surface area contributed by atoms with Crippen LogP contribution in [0.3, 0.4) is 0 Å². The molecular weight excluding hydrogens is 330 g/mol. The Hall–Kier alpha value is -1.54. The summed E-state index contributed by atoms with van der Waals surface area (Å²) in [4.78, 5) is 16.2. The van der Waals surface area contributed by atoms with Crippen LogP contribution in [0.4, 0.5) is 8.78 Å². The van der Waals surface area contributed by atoms with Crippen molar-refractivity contribution in [2.45, 2.75) is 50.7 Å². The minimum absolute atomic E-state index is 0.0748. The standard InChI is InChI=1S/C17H26F2N4O2/c1-3-22-9-6-15(20-22)16(24)21-7-4-13(5-8-21)23-12-17(18,19)10-14(23)11-25-2/h6,9,13-14H,3-5,7-8,10-12H2,1-2H3/t14-/m0/s1. The number of carbonyl (C=O) groups is 1. The van der Waals surface area contributed by atoms with Gasteiger partial charge in [-0.2, -0.15) is 5.10 Å². The molecule has 6 nitrogen and oxygen atoms in total. The van der Waals surface area contributed by atoms with Crippen molar-refractivity contribution >= 4 is 5.91 Å². The number of aryl methyl sites for hydroxylation is 1. The second-order valence-electron chi connectivity index (χ2n) is 6.92. The van der Waals surface area contributed by atoms with Gasteiger partial charge in [-0.15, -0.1) is 0 Å². The predicted octanol–water partition coefficient (Wildman–Crippen LogP) is 1.86. The number of halogens is 2. The molecule has 1 atom stereocenters. The fraction of sp³-hybridized carbons (Fsp3) is 0.765. The van der Waals surface area contributed by atoms with Crippen LogP contribution in [0.2, 0.25) is 0 Å². The maximum Gasteiger partial charge on any atom is 0.274 e. The van der Waals surface area contributed by atoms with E-state index in [9.17, 15) is 13.6 Å². The molecule has 3 heterocycles. The lowest BCUT2D eigenvalue weighted by atomic mass is 10.0. The Morgan fingerprint density at radius 2 is 2.12 bits per heavy atom. The Morgan fingerprint density at radius 1 is 1.40 bits per heavy atom. The summed E-state index contributed by atoms with van der Waals surface area (Å²) in [5, 5.41) is 4.26. The van der Waals surface area contributed by atoms with Crippen LogP contribution in [-0.2, 0) is 11.3 Å². The van der Waals surface area contributed by atoms with Gasteiger partial charge in [0.05, 0.1) is 13.2 Å². The highest BCUT2D eigenvalue weighted by atomic mass is 19.3.